The molecule has 0 aliphatic heterocycles. The van der Waals surface area contributed by atoms with Crippen molar-refractivity contribution in [1.82, 2.24) is 4.98 Å². The highest BCUT2D eigenvalue weighted by Crippen LogP contribution is 2.28. The number of pyridine rings is 1. The van der Waals surface area contributed by atoms with Gasteiger partial charge >= 0.3 is 0 Å². The van der Waals surface area contributed by atoms with Gasteiger partial charge in [0.05, 0.1) is 19.3 Å². The van der Waals surface area contributed by atoms with Crippen LogP contribution in [-0.2, 0) is 18.0 Å². The summed E-state index contributed by atoms with van der Waals surface area (Å²) in [5.74, 6) is 0.697. The second-order valence-electron chi connectivity index (χ2n) is 6.60. The van der Waals surface area contributed by atoms with Crippen LogP contribution in [0.15, 0.2) is 24.4 Å². The van der Waals surface area contributed by atoms with Crippen LogP contribution < -0.4 is 5.32 Å². The third kappa shape index (κ3) is 4.80. The molecule has 0 amide bonds. The van der Waals surface area contributed by atoms with Crippen molar-refractivity contribution >= 4 is 11.5 Å². The highest BCUT2D eigenvalue weighted by Gasteiger charge is 2.13. The zero-order valence-electron chi connectivity index (χ0n) is 16.0. The summed E-state index contributed by atoms with van der Waals surface area (Å²) in [5, 5.41) is 13.3. The molecule has 0 radical (unpaired) electrons. The normalized spacial score (nSPS) is 11.2. The lowest BCUT2D eigenvalue weighted by atomic mass is 10.0. The SMILES string of the molecule is CCC(CC)OCc1ccnc(Nc2c(C)cc(C)cc2C)c1CO. The van der Waals surface area contributed by atoms with Crippen LogP contribution >= 0.6 is 0 Å². The maximum Gasteiger partial charge on any atom is 0.136 e. The highest BCUT2D eigenvalue weighted by molar-refractivity contribution is 5.67. The average molecular weight is 342 g/mol. The van der Waals surface area contributed by atoms with E-state index in [-0.39, 0.29) is 12.7 Å². The van der Waals surface area contributed by atoms with Crippen LogP contribution in [0.25, 0.3) is 0 Å². The Morgan fingerprint density at radius 1 is 1.12 bits per heavy atom. The zero-order valence-corrected chi connectivity index (χ0v) is 16.0. The molecule has 0 aliphatic carbocycles. The lowest BCUT2D eigenvalue weighted by Gasteiger charge is -2.19. The number of aliphatic hydroxyl groups excluding tert-OH is 1. The molecule has 4 nitrogen and oxygen atoms in total. The first-order chi connectivity index (χ1) is 12.0. The van der Waals surface area contributed by atoms with E-state index in [0.717, 1.165) is 29.7 Å². The number of nitrogens with zero attached hydrogens (tertiary/aromatic N) is 1. The number of nitrogens with one attached hydrogen (secondary N) is 1. The summed E-state index contributed by atoms with van der Waals surface area (Å²) in [6, 6.07) is 6.22. The number of benzene rings is 1. The summed E-state index contributed by atoms with van der Waals surface area (Å²) in [6.07, 6.45) is 4.00. The third-order valence-corrected chi connectivity index (χ3v) is 4.62. The number of aliphatic hydroxyl groups is 1. The smallest absolute Gasteiger partial charge is 0.136 e. The Balaban J connectivity index is 2.29. The van der Waals surface area contributed by atoms with Gasteiger partial charge in [-0.2, -0.15) is 0 Å². The van der Waals surface area contributed by atoms with E-state index in [1.54, 1.807) is 6.20 Å². The first kappa shape index (κ1) is 19.4. The van der Waals surface area contributed by atoms with Crippen LogP contribution in [0.2, 0.25) is 0 Å². The molecular weight excluding hydrogens is 312 g/mol. The van der Waals surface area contributed by atoms with Gasteiger partial charge in [-0.15, -0.1) is 0 Å². The maximum atomic E-state index is 9.90. The first-order valence-electron chi connectivity index (χ1n) is 9.04. The number of aromatic nitrogens is 1. The minimum absolute atomic E-state index is 0.0677. The Bertz CT molecular complexity index is 686. The number of ether oxygens (including phenoxy) is 1. The topological polar surface area (TPSA) is 54.4 Å². The largest absolute Gasteiger partial charge is 0.392 e. The molecule has 0 spiro atoms. The highest BCUT2D eigenvalue weighted by atomic mass is 16.5. The van der Waals surface area contributed by atoms with Crippen molar-refractivity contribution in [3.63, 3.8) is 0 Å². The average Bonchev–Trinajstić information content (AvgIpc) is 2.59. The lowest BCUT2D eigenvalue weighted by molar-refractivity contribution is 0.0350. The monoisotopic (exact) mass is 342 g/mol. The predicted molar refractivity (Wildman–Crippen MR) is 103 cm³/mol. The molecule has 1 heterocycles. The molecule has 2 rings (SSSR count). The van der Waals surface area contributed by atoms with Gasteiger partial charge in [0.1, 0.15) is 5.82 Å². The molecule has 0 fully saturated rings. The summed E-state index contributed by atoms with van der Waals surface area (Å²) >= 11 is 0. The molecule has 0 saturated carbocycles. The molecule has 0 bridgehead atoms. The molecule has 0 saturated heterocycles. The summed E-state index contributed by atoms with van der Waals surface area (Å²) in [5.41, 5.74) is 6.40. The Labute approximate surface area is 151 Å². The van der Waals surface area contributed by atoms with Gasteiger partial charge in [-0.05, 0) is 56.4 Å². The molecule has 136 valence electrons. The number of anilines is 2. The second-order valence-corrected chi connectivity index (χ2v) is 6.60. The van der Waals surface area contributed by atoms with Crippen molar-refractivity contribution in [3.05, 3.63) is 52.2 Å². The lowest BCUT2D eigenvalue weighted by Crippen LogP contribution is -2.12. The Kier molecular flexibility index (Phi) is 6.97. The zero-order chi connectivity index (χ0) is 18.4. The van der Waals surface area contributed by atoms with Crippen molar-refractivity contribution in [2.75, 3.05) is 5.32 Å². The van der Waals surface area contributed by atoms with Crippen LogP contribution in [0.1, 0.15) is 54.5 Å². The van der Waals surface area contributed by atoms with Crippen molar-refractivity contribution < 1.29 is 9.84 Å². The number of hydrogen-bond donors (Lipinski definition) is 2. The molecule has 4 heteroatoms. The molecular formula is C21H30N2O2. The van der Waals surface area contributed by atoms with E-state index in [9.17, 15) is 5.11 Å². The summed E-state index contributed by atoms with van der Waals surface area (Å²) < 4.78 is 5.97. The van der Waals surface area contributed by atoms with Crippen molar-refractivity contribution in [2.45, 2.75) is 66.8 Å². The van der Waals surface area contributed by atoms with E-state index < -0.39 is 0 Å². The van der Waals surface area contributed by atoms with Crippen LogP contribution in [0.5, 0.6) is 0 Å². The van der Waals surface area contributed by atoms with Gasteiger partial charge in [-0.1, -0.05) is 31.5 Å². The van der Waals surface area contributed by atoms with Crippen LogP contribution in [0.3, 0.4) is 0 Å². The molecule has 1 aromatic carbocycles. The van der Waals surface area contributed by atoms with E-state index in [1.807, 2.05) is 6.07 Å². The predicted octanol–water partition coefficient (Wildman–Crippen LogP) is 4.95. The summed E-state index contributed by atoms with van der Waals surface area (Å²) in [7, 11) is 0. The van der Waals surface area contributed by atoms with E-state index in [1.165, 1.54) is 16.7 Å². The van der Waals surface area contributed by atoms with E-state index in [0.29, 0.717) is 12.4 Å². The first-order valence-corrected chi connectivity index (χ1v) is 9.04. The molecule has 0 aliphatic rings. The molecule has 0 unspecified atom stereocenters. The molecule has 1 aromatic heterocycles. The number of hydrogen-bond acceptors (Lipinski definition) is 4. The van der Waals surface area contributed by atoms with Gasteiger partial charge in [0.15, 0.2) is 0 Å². The summed E-state index contributed by atoms with van der Waals surface area (Å²) in [6.45, 7) is 10.9. The van der Waals surface area contributed by atoms with E-state index in [2.05, 4.69) is 57.1 Å². The minimum Gasteiger partial charge on any atom is -0.392 e. The maximum absolute atomic E-state index is 9.90. The number of aryl methyl sites for hydroxylation is 3. The fourth-order valence-electron chi connectivity index (χ4n) is 3.18. The van der Waals surface area contributed by atoms with Gasteiger partial charge in [-0.3, -0.25) is 0 Å². The fourth-order valence-corrected chi connectivity index (χ4v) is 3.18. The Morgan fingerprint density at radius 2 is 1.76 bits per heavy atom. The fraction of sp³-hybridized carbons (Fsp3) is 0.476. The molecule has 2 aromatic rings. The van der Waals surface area contributed by atoms with Gasteiger partial charge in [0, 0.05) is 17.4 Å². The Morgan fingerprint density at radius 3 is 2.32 bits per heavy atom. The quantitative estimate of drug-likeness (QED) is 0.713. The standard InChI is InChI=1S/C21H30N2O2/c1-6-18(7-2)25-13-17-8-9-22-21(19(17)12-24)23-20-15(4)10-14(3)11-16(20)5/h8-11,18,24H,6-7,12-13H2,1-5H3,(H,22,23). The van der Waals surface area contributed by atoms with E-state index >= 15 is 0 Å². The van der Waals surface area contributed by atoms with Gasteiger partial charge in [0.2, 0.25) is 0 Å². The van der Waals surface area contributed by atoms with Crippen LogP contribution in [-0.4, -0.2) is 16.2 Å². The number of rotatable bonds is 8. The molecule has 0 atom stereocenters. The van der Waals surface area contributed by atoms with Crippen LogP contribution in [0, 0.1) is 20.8 Å². The van der Waals surface area contributed by atoms with E-state index in [4.69, 9.17) is 4.74 Å². The van der Waals surface area contributed by atoms with Crippen molar-refractivity contribution in [1.29, 1.82) is 0 Å². The third-order valence-electron chi connectivity index (χ3n) is 4.62. The van der Waals surface area contributed by atoms with Crippen molar-refractivity contribution in [3.8, 4) is 0 Å². The van der Waals surface area contributed by atoms with Gasteiger partial charge < -0.3 is 15.2 Å². The molecule has 2 N–H and O–H groups in total. The van der Waals surface area contributed by atoms with Crippen LogP contribution in [0.4, 0.5) is 11.5 Å². The second kappa shape index (κ2) is 8.97. The molecule has 25 heavy (non-hydrogen) atoms. The van der Waals surface area contributed by atoms with Gasteiger partial charge in [0.25, 0.3) is 0 Å². The summed E-state index contributed by atoms with van der Waals surface area (Å²) in [4.78, 5) is 4.45. The Hall–Kier alpha value is -1.91. The minimum atomic E-state index is -0.0677. The van der Waals surface area contributed by atoms with Gasteiger partial charge in [-0.25, -0.2) is 4.98 Å². The van der Waals surface area contributed by atoms with Crippen molar-refractivity contribution in [2.24, 2.45) is 0 Å².